The Morgan fingerprint density at radius 2 is 2.16 bits per heavy atom. The number of benzene rings is 1. The number of likely N-dealkylation sites (tertiary alicyclic amines) is 1. The second kappa shape index (κ2) is 4.50. The van der Waals surface area contributed by atoms with Gasteiger partial charge in [-0.2, -0.15) is 0 Å². The van der Waals surface area contributed by atoms with E-state index in [0.717, 1.165) is 0 Å². The van der Waals surface area contributed by atoms with E-state index in [-0.39, 0.29) is 23.4 Å². The number of carbonyl (C=O) groups is 1. The summed E-state index contributed by atoms with van der Waals surface area (Å²) in [5.74, 6) is -0.0954. The molecule has 0 N–H and O–H groups in total. The summed E-state index contributed by atoms with van der Waals surface area (Å²) < 4.78 is 18.5. The third kappa shape index (κ3) is 2.12. The van der Waals surface area contributed by atoms with Crippen molar-refractivity contribution in [2.75, 3.05) is 13.1 Å². The first-order valence-electron chi connectivity index (χ1n) is 6.12. The smallest absolute Gasteiger partial charge is 0.292 e. The van der Waals surface area contributed by atoms with Crippen molar-refractivity contribution in [3.8, 4) is 0 Å². The molecule has 1 saturated heterocycles. The molecule has 1 fully saturated rings. The fourth-order valence-corrected chi connectivity index (χ4v) is 2.27. The highest BCUT2D eigenvalue weighted by Gasteiger charge is 2.34. The number of rotatable bonds is 2. The van der Waals surface area contributed by atoms with Gasteiger partial charge in [0.2, 0.25) is 5.76 Å². The fraction of sp³-hybridized carbons (Fsp3) is 0.286. The zero-order valence-electron chi connectivity index (χ0n) is 10.5. The van der Waals surface area contributed by atoms with Gasteiger partial charge in [-0.3, -0.25) is 4.79 Å². The molecule has 98 valence electrons. The molecule has 4 nitrogen and oxygen atoms in total. The summed E-state index contributed by atoms with van der Waals surface area (Å²) >= 11 is 0. The van der Waals surface area contributed by atoms with Crippen LogP contribution in [0.25, 0.3) is 0 Å². The van der Waals surface area contributed by atoms with E-state index >= 15 is 0 Å². The second-order valence-corrected chi connectivity index (χ2v) is 4.76. The van der Waals surface area contributed by atoms with Crippen LogP contribution < -0.4 is 0 Å². The molecule has 0 radical (unpaired) electrons. The minimum atomic E-state index is -0.213. The van der Waals surface area contributed by atoms with E-state index in [0.29, 0.717) is 24.3 Å². The molecule has 0 spiro atoms. The van der Waals surface area contributed by atoms with Gasteiger partial charge < -0.3 is 9.42 Å². The Hall–Kier alpha value is -2.17. The van der Waals surface area contributed by atoms with Crippen LogP contribution in [0.1, 0.15) is 27.7 Å². The van der Waals surface area contributed by atoms with Crippen molar-refractivity contribution in [2.45, 2.75) is 12.8 Å². The van der Waals surface area contributed by atoms with Gasteiger partial charge in [0.1, 0.15) is 5.82 Å². The molecular weight excluding hydrogens is 247 g/mol. The van der Waals surface area contributed by atoms with E-state index in [2.05, 4.69) is 5.16 Å². The van der Waals surface area contributed by atoms with Crippen LogP contribution in [0, 0.1) is 12.7 Å². The van der Waals surface area contributed by atoms with Crippen molar-refractivity contribution < 1.29 is 13.7 Å². The van der Waals surface area contributed by atoms with Crippen LogP contribution in [0.4, 0.5) is 4.39 Å². The van der Waals surface area contributed by atoms with Crippen molar-refractivity contribution in [3.05, 3.63) is 53.2 Å². The lowest BCUT2D eigenvalue weighted by atomic mass is 9.91. The number of hydrogen-bond donors (Lipinski definition) is 0. The summed E-state index contributed by atoms with van der Waals surface area (Å²) in [6.07, 6.45) is 0. The highest BCUT2D eigenvalue weighted by atomic mass is 19.1. The average molecular weight is 260 g/mol. The minimum Gasteiger partial charge on any atom is -0.351 e. The Morgan fingerprint density at radius 1 is 1.42 bits per heavy atom. The normalized spacial score (nSPS) is 15.4. The summed E-state index contributed by atoms with van der Waals surface area (Å²) in [6, 6.07) is 8.29. The zero-order valence-corrected chi connectivity index (χ0v) is 10.5. The number of aromatic nitrogens is 1. The van der Waals surface area contributed by atoms with E-state index in [9.17, 15) is 9.18 Å². The number of hydrogen-bond acceptors (Lipinski definition) is 3. The third-order valence-corrected chi connectivity index (χ3v) is 3.35. The van der Waals surface area contributed by atoms with Gasteiger partial charge in [-0.15, -0.1) is 0 Å². The number of carbonyl (C=O) groups excluding carboxylic acids is 1. The van der Waals surface area contributed by atoms with Gasteiger partial charge in [-0.1, -0.05) is 23.4 Å². The number of aryl methyl sites for hydroxylation is 1. The van der Waals surface area contributed by atoms with Gasteiger partial charge in [0, 0.05) is 25.1 Å². The molecule has 0 atom stereocenters. The van der Waals surface area contributed by atoms with Crippen molar-refractivity contribution in [2.24, 2.45) is 0 Å². The summed E-state index contributed by atoms with van der Waals surface area (Å²) in [5.41, 5.74) is 1.34. The molecule has 2 aromatic rings. The van der Waals surface area contributed by atoms with Gasteiger partial charge in [-0.25, -0.2) is 4.39 Å². The molecule has 0 bridgehead atoms. The molecule has 2 heterocycles. The third-order valence-electron chi connectivity index (χ3n) is 3.35. The maximum absolute atomic E-state index is 13.6. The average Bonchev–Trinajstić information content (AvgIpc) is 2.76. The Labute approximate surface area is 109 Å². The van der Waals surface area contributed by atoms with Crippen molar-refractivity contribution in [3.63, 3.8) is 0 Å². The molecule has 0 aliphatic carbocycles. The predicted molar refractivity (Wildman–Crippen MR) is 66.3 cm³/mol. The molecule has 1 aromatic carbocycles. The van der Waals surface area contributed by atoms with Crippen LogP contribution in [0.5, 0.6) is 0 Å². The predicted octanol–water partition coefficient (Wildman–Crippen LogP) is 2.36. The molecule has 19 heavy (non-hydrogen) atoms. The molecule has 0 saturated carbocycles. The van der Waals surface area contributed by atoms with Gasteiger partial charge in [0.15, 0.2) is 0 Å². The molecule has 3 rings (SSSR count). The molecule has 1 aliphatic rings. The van der Waals surface area contributed by atoms with Crippen LogP contribution in [0.3, 0.4) is 0 Å². The standard InChI is InChI=1S/C14H13FN2O2/c1-9-6-13(19-16-9)14(18)17-7-10(8-17)11-4-2-3-5-12(11)15/h2-6,10H,7-8H2,1H3. The van der Waals surface area contributed by atoms with Crippen LogP contribution in [-0.4, -0.2) is 29.1 Å². The molecule has 1 amide bonds. The second-order valence-electron chi connectivity index (χ2n) is 4.76. The SMILES string of the molecule is Cc1cc(C(=O)N2CC(c3ccccc3F)C2)on1. The fourth-order valence-electron chi connectivity index (χ4n) is 2.27. The van der Waals surface area contributed by atoms with E-state index in [4.69, 9.17) is 4.52 Å². The van der Waals surface area contributed by atoms with Crippen LogP contribution in [0.15, 0.2) is 34.9 Å². The lowest BCUT2D eigenvalue weighted by Crippen LogP contribution is -2.48. The van der Waals surface area contributed by atoms with Gasteiger partial charge in [0.25, 0.3) is 5.91 Å². The molecule has 1 aromatic heterocycles. The lowest BCUT2D eigenvalue weighted by molar-refractivity contribution is 0.0556. The number of halogens is 1. The van der Waals surface area contributed by atoms with E-state index in [1.54, 1.807) is 30.0 Å². The topological polar surface area (TPSA) is 46.3 Å². The maximum Gasteiger partial charge on any atom is 0.292 e. The van der Waals surface area contributed by atoms with Crippen molar-refractivity contribution in [1.29, 1.82) is 0 Å². The molecular formula is C14H13FN2O2. The Bertz CT molecular complexity index is 617. The summed E-state index contributed by atoms with van der Waals surface area (Å²) in [7, 11) is 0. The Morgan fingerprint density at radius 3 is 2.79 bits per heavy atom. The summed E-state index contributed by atoms with van der Waals surface area (Å²) in [4.78, 5) is 13.6. The molecule has 5 heteroatoms. The largest absolute Gasteiger partial charge is 0.351 e. The summed E-state index contributed by atoms with van der Waals surface area (Å²) in [5, 5.41) is 3.69. The van der Waals surface area contributed by atoms with Crippen molar-refractivity contribution in [1.82, 2.24) is 10.1 Å². The van der Waals surface area contributed by atoms with E-state index in [1.165, 1.54) is 6.07 Å². The maximum atomic E-state index is 13.6. The Balaban J connectivity index is 1.67. The first-order valence-corrected chi connectivity index (χ1v) is 6.12. The minimum absolute atomic E-state index is 0.0640. The van der Waals surface area contributed by atoms with Gasteiger partial charge in [0.05, 0.1) is 5.69 Å². The summed E-state index contributed by atoms with van der Waals surface area (Å²) in [6.45, 7) is 2.79. The number of nitrogens with zero attached hydrogens (tertiary/aromatic N) is 2. The Kier molecular flexibility index (Phi) is 2.81. The first-order chi connectivity index (χ1) is 9.15. The highest BCUT2D eigenvalue weighted by molar-refractivity contribution is 5.92. The highest BCUT2D eigenvalue weighted by Crippen LogP contribution is 2.29. The van der Waals surface area contributed by atoms with Crippen molar-refractivity contribution >= 4 is 5.91 Å². The molecule has 0 unspecified atom stereocenters. The molecule has 1 aliphatic heterocycles. The van der Waals surface area contributed by atoms with Crippen LogP contribution in [-0.2, 0) is 0 Å². The quantitative estimate of drug-likeness (QED) is 0.832. The van der Waals surface area contributed by atoms with E-state index in [1.807, 2.05) is 6.07 Å². The van der Waals surface area contributed by atoms with Crippen LogP contribution >= 0.6 is 0 Å². The lowest BCUT2D eigenvalue weighted by Gasteiger charge is -2.39. The van der Waals surface area contributed by atoms with Crippen LogP contribution in [0.2, 0.25) is 0 Å². The zero-order chi connectivity index (χ0) is 13.4. The first kappa shape index (κ1) is 11.9. The van der Waals surface area contributed by atoms with Gasteiger partial charge in [-0.05, 0) is 18.6 Å². The van der Waals surface area contributed by atoms with Gasteiger partial charge >= 0.3 is 0 Å². The monoisotopic (exact) mass is 260 g/mol. The van der Waals surface area contributed by atoms with E-state index < -0.39 is 0 Å². The number of amides is 1.